The van der Waals surface area contributed by atoms with Crippen LogP contribution in [0.4, 0.5) is 0 Å². The highest BCUT2D eigenvalue weighted by Crippen LogP contribution is 2.35. The van der Waals surface area contributed by atoms with Crippen molar-refractivity contribution in [2.45, 2.75) is 12.8 Å². The Morgan fingerprint density at radius 2 is 1.55 bits per heavy atom. The van der Waals surface area contributed by atoms with Gasteiger partial charge in [-0.1, -0.05) is 30.3 Å². The monoisotopic (exact) mass is 266 g/mol. The number of fused-ring (bicyclic) bond motifs is 1. The molecule has 0 bridgehead atoms. The molecular weight excluding hydrogens is 252 g/mol. The van der Waals surface area contributed by atoms with E-state index in [2.05, 4.69) is 0 Å². The van der Waals surface area contributed by atoms with Crippen LogP contribution in [-0.4, -0.2) is 18.7 Å². The number of benzene rings is 2. The largest absolute Gasteiger partial charge is 0.497 e. The van der Waals surface area contributed by atoms with E-state index in [4.69, 9.17) is 4.74 Å². The Morgan fingerprint density at radius 3 is 2.10 bits per heavy atom. The molecule has 0 heterocycles. The smallest absolute Gasteiger partial charge is 0.178 e. The standard InChI is InChI=1S/C17H14O3/c1-10-7-11(9-12(8-10)20-2)15-16(18)13-5-3-4-6-14(13)17(15)19/h3-9,15H,1-2H3. The third-order valence-corrected chi connectivity index (χ3v) is 3.62. The van der Waals surface area contributed by atoms with Gasteiger partial charge < -0.3 is 4.74 Å². The molecule has 100 valence electrons. The van der Waals surface area contributed by atoms with Gasteiger partial charge >= 0.3 is 0 Å². The molecule has 0 atom stereocenters. The number of Topliss-reactive ketones (excluding diaryl/α,β-unsaturated/α-hetero) is 2. The van der Waals surface area contributed by atoms with E-state index >= 15 is 0 Å². The Kier molecular flexibility index (Phi) is 2.90. The molecule has 0 aliphatic heterocycles. The summed E-state index contributed by atoms with van der Waals surface area (Å²) in [5, 5.41) is 0. The Labute approximate surface area is 117 Å². The minimum absolute atomic E-state index is 0.127. The lowest BCUT2D eigenvalue weighted by atomic mass is 9.93. The van der Waals surface area contributed by atoms with Crippen LogP contribution >= 0.6 is 0 Å². The first-order valence-corrected chi connectivity index (χ1v) is 6.45. The average molecular weight is 266 g/mol. The summed E-state index contributed by atoms with van der Waals surface area (Å²) in [4.78, 5) is 24.9. The minimum Gasteiger partial charge on any atom is -0.497 e. The first-order chi connectivity index (χ1) is 9.61. The first kappa shape index (κ1) is 12.6. The van der Waals surface area contributed by atoms with Crippen molar-refractivity contribution in [2.24, 2.45) is 0 Å². The second kappa shape index (κ2) is 4.60. The van der Waals surface area contributed by atoms with Gasteiger partial charge in [0.25, 0.3) is 0 Å². The Bertz CT molecular complexity index is 681. The lowest BCUT2D eigenvalue weighted by Gasteiger charge is -2.10. The van der Waals surface area contributed by atoms with E-state index in [1.165, 1.54) is 0 Å². The van der Waals surface area contributed by atoms with Crippen molar-refractivity contribution in [3.63, 3.8) is 0 Å². The van der Waals surface area contributed by atoms with Crippen molar-refractivity contribution in [1.82, 2.24) is 0 Å². The van der Waals surface area contributed by atoms with E-state index in [0.29, 0.717) is 22.4 Å². The molecule has 20 heavy (non-hydrogen) atoms. The zero-order valence-corrected chi connectivity index (χ0v) is 11.3. The minimum atomic E-state index is -0.735. The second-order valence-corrected chi connectivity index (χ2v) is 4.99. The number of hydrogen-bond donors (Lipinski definition) is 0. The highest BCUT2D eigenvalue weighted by atomic mass is 16.5. The molecule has 2 aromatic rings. The van der Waals surface area contributed by atoms with Crippen LogP contribution in [0.15, 0.2) is 42.5 Å². The van der Waals surface area contributed by atoms with Gasteiger partial charge in [-0.05, 0) is 30.2 Å². The lowest BCUT2D eigenvalue weighted by molar-refractivity contribution is 0.0890. The summed E-state index contributed by atoms with van der Waals surface area (Å²) < 4.78 is 5.22. The number of carbonyl (C=O) groups is 2. The van der Waals surface area contributed by atoms with E-state index in [-0.39, 0.29) is 11.6 Å². The van der Waals surface area contributed by atoms with Crippen LogP contribution in [0.1, 0.15) is 37.8 Å². The first-order valence-electron chi connectivity index (χ1n) is 6.45. The fourth-order valence-electron chi connectivity index (χ4n) is 2.71. The van der Waals surface area contributed by atoms with Gasteiger partial charge in [0.15, 0.2) is 11.6 Å². The molecule has 3 heteroatoms. The van der Waals surface area contributed by atoms with Crippen LogP contribution in [0.2, 0.25) is 0 Å². The quantitative estimate of drug-likeness (QED) is 0.784. The fourth-order valence-corrected chi connectivity index (χ4v) is 2.71. The average Bonchev–Trinajstić information content (AvgIpc) is 2.71. The van der Waals surface area contributed by atoms with Gasteiger partial charge in [0.05, 0.1) is 7.11 Å². The van der Waals surface area contributed by atoms with Gasteiger partial charge in [-0.25, -0.2) is 0 Å². The molecule has 0 saturated heterocycles. The number of methoxy groups -OCH3 is 1. The number of hydrogen-bond acceptors (Lipinski definition) is 3. The van der Waals surface area contributed by atoms with Crippen LogP contribution in [0.25, 0.3) is 0 Å². The Hall–Kier alpha value is -2.42. The van der Waals surface area contributed by atoms with Crippen LogP contribution in [-0.2, 0) is 0 Å². The fraction of sp³-hybridized carbons (Fsp3) is 0.176. The maximum atomic E-state index is 12.5. The van der Waals surface area contributed by atoms with E-state index in [1.54, 1.807) is 37.4 Å². The number of carbonyl (C=O) groups excluding carboxylic acids is 2. The van der Waals surface area contributed by atoms with E-state index in [0.717, 1.165) is 5.56 Å². The van der Waals surface area contributed by atoms with E-state index < -0.39 is 5.92 Å². The van der Waals surface area contributed by atoms with Crippen molar-refractivity contribution in [3.05, 3.63) is 64.7 Å². The molecule has 0 saturated carbocycles. The SMILES string of the molecule is COc1cc(C)cc(C2C(=O)c3ccccc3C2=O)c1. The molecule has 0 amide bonds. The Balaban J connectivity index is 2.11. The number of aryl methyl sites for hydroxylation is 1. The van der Waals surface area contributed by atoms with Gasteiger partial charge in [-0.3, -0.25) is 9.59 Å². The molecule has 0 unspecified atom stereocenters. The molecule has 0 spiro atoms. The molecule has 1 aliphatic rings. The topological polar surface area (TPSA) is 43.4 Å². The molecule has 0 aromatic heterocycles. The summed E-state index contributed by atoms with van der Waals surface area (Å²) in [7, 11) is 1.57. The van der Waals surface area contributed by atoms with E-state index in [1.807, 2.05) is 19.1 Å². The third-order valence-electron chi connectivity index (χ3n) is 3.62. The molecule has 3 rings (SSSR count). The van der Waals surface area contributed by atoms with Gasteiger partial charge in [-0.15, -0.1) is 0 Å². The van der Waals surface area contributed by atoms with Crippen molar-refractivity contribution >= 4 is 11.6 Å². The van der Waals surface area contributed by atoms with Crippen molar-refractivity contribution in [3.8, 4) is 5.75 Å². The molecule has 1 aliphatic carbocycles. The normalized spacial score (nSPS) is 14.5. The lowest BCUT2D eigenvalue weighted by Crippen LogP contribution is -2.13. The zero-order valence-electron chi connectivity index (χ0n) is 11.3. The van der Waals surface area contributed by atoms with Crippen LogP contribution in [0.3, 0.4) is 0 Å². The van der Waals surface area contributed by atoms with Gasteiger partial charge in [0, 0.05) is 11.1 Å². The van der Waals surface area contributed by atoms with Gasteiger partial charge in [0.2, 0.25) is 0 Å². The van der Waals surface area contributed by atoms with Gasteiger partial charge in [-0.2, -0.15) is 0 Å². The highest BCUT2D eigenvalue weighted by Gasteiger charge is 2.39. The second-order valence-electron chi connectivity index (χ2n) is 4.99. The predicted octanol–water partition coefficient (Wildman–Crippen LogP) is 3.17. The van der Waals surface area contributed by atoms with Crippen LogP contribution in [0, 0.1) is 6.92 Å². The summed E-state index contributed by atoms with van der Waals surface area (Å²) in [6, 6.07) is 12.5. The summed E-state index contributed by atoms with van der Waals surface area (Å²) in [5.74, 6) is -0.325. The zero-order chi connectivity index (χ0) is 14.3. The maximum Gasteiger partial charge on any atom is 0.178 e. The highest BCUT2D eigenvalue weighted by molar-refractivity contribution is 6.29. The van der Waals surface area contributed by atoms with Gasteiger partial charge in [0.1, 0.15) is 11.7 Å². The molecule has 0 radical (unpaired) electrons. The number of ketones is 2. The molecule has 3 nitrogen and oxygen atoms in total. The summed E-state index contributed by atoms with van der Waals surface area (Å²) in [6.45, 7) is 1.92. The molecule has 0 N–H and O–H groups in total. The molecule has 2 aromatic carbocycles. The maximum absolute atomic E-state index is 12.5. The number of rotatable bonds is 2. The molecular formula is C17H14O3. The van der Waals surface area contributed by atoms with Crippen molar-refractivity contribution in [1.29, 1.82) is 0 Å². The summed E-state index contributed by atoms with van der Waals surface area (Å²) >= 11 is 0. The van der Waals surface area contributed by atoms with Crippen molar-refractivity contribution < 1.29 is 14.3 Å². The van der Waals surface area contributed by atoms with Crippen LogP contribution in [0.5, 0.6) is 5.75 Å². The predicted molar refractivity (Wildman–Crippen MR) is 75.6 cm³/mol. The molecule has 0 fully saturated rings. The van der Waals surface area contributed by atoms with E-state index in [9.17, 15) is 9.59 Å². The third kappa shape index (κ3) is 1.83. The number of ether oxygens (including phenoxy) is 1. The van der Waals surface area contributed by atoms with Crippen LogP contribution < -0.4 is 4.74 Å². The van der Waals surface area contributed by atoms with Crippen molar-refractivity contribution in [2.75, 3.05) is 7.11 Å². The summed E-state index contributed by atoms with van der Waals surface area (Å²) in [5.41, 5.74) is 2.70. The summed E-state index contributed by atoms with van der Waals surface area (Å²) in [6.07, 6.45) is 0. The Morgan fingerprint density at radius 1 is 0.950 bits per heavy atom.